The van der Waals surface area contributed by atoms with Crippen molar-refractivity contribution < 1.29 is 19.1 Å². The molecule has 2 aromatic rings. The second kappa shape index (κ2) is 8.40. The lowest BCUT2D eigenvalue weighted by atomic mass is 9.81. The predicted octanol–water partition coefficient (Wildman–Crippen LogP) is 4.47. The highest BCUT2D eigenvalue weighted by Crippen LogP contribution is 2.44. The third-order valence-electron chi connectivity index (χ3n) is 5.46. The van der Waals surface area contributed by atoms with Gasteiger partial charge in [0, 0.05) is 9.65 Å². The molecule has 5 nitrogen and oxygen atoms in total. The van der Waals surface area contributed by atoms with E-state index in [4.69, 9.17) is 4.74 Å². The zero-order valence-electron chi connectivity index (χ0n) is 15.5. The molecule has 29 heavy (non-hydrogen) atoms. The quantitative estimate of drug-likeness (QED) is 0.339. The van der Waals surface area contributed by atoms with Crippen molar-refractivity contribution in [1.29, 1.82) is 0 Å². The van der Waals surface area contributed by atoms with E-state index in [1.165, 1.54) is 4.90 Å². The molecule has 0 aromatic heterocycles. The summed E-state index contributed by atoms with van der Waals surface area (Å²) in [5.41, 5.74) is 1.62. The van der Waals surface area contributed by atoms with E-state index in [9.17, 15) is 14.4 Å². The summed E-state index contributed by atoms with van der Waals surface area (Å²) in [5, 5.41) is 0. The van der Waals surface area contributed by atoms with E-state index in [-0.39, 0.29) is 39.9 Å². The number of ether oxygens (including phenoxy) is 1. The Hall–Kier alpha value is -1.99. The Balaban J connectivity index is 1.52. The number of anilines is 1. The molecule has 0 spiro atoms. The Labute approximate surface area is 185 Å². The van der Waals surface area contributed by atoms with Crippen molar-refractivity contribution in [2.45, 2.75) is 29.1 Å². The van der Waals surface area contributed by atoms with Crippen molar-refractivity contribution in [3.8, 4) is 0 Å². The van der Waals surface area contributed by atoms with Crippen LogP contribution in [0.2, 0.25) is 0 Å². The minimum absolute atomic E-state index is 0.153. The molecule has 150 valence electrons. The number of rotatable bonds is 4. The number of alkyl halides is 2. The maximum atomic E-state index is 12.9. The first-order valence-corrected chi connectivity index (χ1v) is 11.3. The van der Waals surface area contributed by atoms with Gasteiger partial charge in [-0.15, -0.1) is 0 Å². The predicted molar refractivity (Wildman–Crippen MR) is 116 cm³/mol. The molecule has 2 amide bonds. The van der Waals surface area contributed by atoms with Crippen LogP contribution < -0.4 is 4.90 Å². The number of amides is 2. The SMILES string of the molecule is O=C(OCc1ccccc1)c1cccc(N2C(=O)[C@H]3C[C@@H](Br)[C@@H](Br)C[C@H]3C2=O)c1. The van der Waals surface area contributed by atoms with E-state index < -0.39 is 5.97 Å². The number of carbonyl (C=O) groups is 3. The Morgan fingerprint density at radius 3 is 2.17 bits per heavy atom. The molecule has 4 rings (SSSR count). The zero-order chi connectivity index (χ0) is 20.5. The van der Waals surface area contributed by atoms with Crippen LogP contribution in [0, 0.1) is 11.8 Å². The van der Waals surface area contributed by atoms with Gasteiger partial charge in [-0.2, -0.15) is 0 Å². The molecule has 0 N–H and O–H groups in total. The summed E-state index contributed by atoms with van der Waals surface area (Å²) >= 11 is 7.18. The van der Waals surface area contributed by atoms with Gasteiger partial charge in [0.15, 0.2) is 0 Å². The van der Waals surface area contributed by atoms with Crippen LogP contribution >= 0.6 is 31.9 Å². The first kappa shape index (κ1) is 20.3. The van der Waals surface area contributed by atoms with Crippen LogP contribution in [0.3, 0.4) is 0 Å². The number of esters is 1. The van der Waals surface area contributed by atoms with E-state index in [0.717, 1.165) is 5.56 Å². The molecular formula is C22H19Br2NO4. The number of hydrogen-bond acceptors (Lipinski definition) is 4. The Bertz CT molecular complexity index is 921. The number of imide groups is 1. The van der Waals surface area contributed by atoms with E-state index in [2.05, 4.69) is 31.9 Å². The summed E-state index contributed by atoms with van der Waals surface area (Å²) in [5.74, 6) is -1.53. The lowest BCUT2D eigenvalue weighted by Gasteiger charge is -2.29. The monoisotopic (exact) mass is 519 g/mol. The van der Waals surface area contributed by atoms with Crippen LogP contribution in [0.4, 0.5) is 5.69 Å². The highest BCUT2D eigenvalue weighted by molar-refractivity contribution is 9.12. The molecule has 2 aliphatic rings. The number of halogens is 2. The van der Waals surface area contributed by atoms with Gasteiger partial charge < -0.3 is 4.74 Å². The smallest absolute Gasteiger partial charge is 0.338 e. The van der Waals surface area contributed by atoms with Gasteiger partial charge in [0.2, 0.25) is 11.8 Å². The molecule has 2 aromatic carbocycles. The minimum Gasteiger partial charge on any atom is -0.457 e. The number of nitrogens with zero attached hydrogens (tertiary/aromatic N) is 1. The van der Waals surface area contributed by atoms with Gasteiger partial charge in [0.05, 0.1) is 23.1 Å². The van der Waals surface area contributed by atoms with Crippen molar-refractivity contribution in [3.63, 3.8) is 0 Å². The van der Waals surface area contributed by atoms with Crippen LogP contribution in [0.5, 0.6) is 0 Å². The van der Waals surface area contributed by atoms with Crippen molar-refractivity contribution in [1.82, 2.24) is 0 Å². The van der Waals surface area contributed by atoms with Gasteiger partial charge in [0.25, 0.3) is 0 Å². The van der Waals surface area contributed by atoms with Crippen LogP contribution in [0.15, 0.2) is 54.6 Å². The zero-order valence-corrected chi connectivity index (χ0v) is 18.6. The molecule has 0 bridgehead atoms. The molecule has 1 saturated carbocycles. The van der Waals surface area contributed by atoms with Crippen molar-refractivity contribution in [2.75, 3.05) is 4.90 Å². The van der Waals surface area contributed by atoms with E-state index in [1.807, 2.05) is 30.3 Å². The lowest BCUT2D eigenvalue weighted by Crippen LogP contribution is -2.34. The average Bonchev–Trinajstić information content (AvgIpc) is 2.97. The van der Waals surface area contributed by atoms with Gasteiger partial charge in [-0.3, -0.25) is 14.5 Å². The molecule has 1 saturated heterocycles. The van der Waals surface area contributed by atoms with Gasteiger partial charge in [-0.25, -0.2) is 4.79 Å². The largest absolute Gasteiger partial charge is 0.457 e. The van der Waals surface area contributed by atoms with Crippen molar-refractivity contribution in [2.24, 2.45) is 11.8 Å². The van der Waals surface area contributed by atoms with Crippen LogP contribution in [0.25, 0.3) is 0 Å². The standard InChI is InChI=1S/C22H19Br2NO4/c23-18-10-16-17(11-19(18)24)21(27)25(20(16)26)15-8-4-7-14(9-15)22(28)29-12-13-5-2-1-3-6-13/h1-9,16-19H,10-12H2/t16-,17+,18+,19-. The summed E-state index contributed by atoms with van der Waals surface area (Å²) in [6.07, 6.45) is 1.22. The van der Waals surface area contributed by atoms with Crippen LogP contribution in [-0.2, 0) is 20.9 Å². The maximum absolute atomic E-state index is 12.9. The van der Waals surface area contributed by atoms with Gasteiger partial charge >= 0.3 is 5.97 Å². The fourth-order valence-electron chi connectivity index (χ4n) is 3.93. The molecule has 4 atom stereocenters. The van der Waals surface area contributed by atoms with Gasteiger partial charge in [-0.05, 0) is 36.6 Å². The fraction of sp³-hybridized carbons (Fsp3) is 0.318. The lowest BCUT2D eigenvalue weighted by molar-refractivity contribution is -0.122. The molecule has 1 heterocycles. The van der Waals surface area contributed by atoms with Crippen molar-refractivity contribution in [3.05, 3.63) is 65.7 Å². The minimum atomic E-state index is -0.492. The van der Waals surface area contributed by atoms with E-state index in [0.29, 0.717) is 24.1 Å². The second-order valence-electron chi connectivity index (χ2n) is 7.34. The molecule has 0 unspecified atom stereocenters. The molecule has 7 heteroatoms. The maximum Gasteiger partial charge on any atom is 0.338 e. The normalized spacial score (nSPS) is 26.3. The molecular weight excluding hydrogens is 502 g/mol. The highest BCUT2D eigenvalue weighted by Gasteiger charge is 2.52. The van der Waals surface area contributed by atoms with Gasteiger partial charge in [-0.1, -0.05) is 68.3 Å². The molecule has 0 radical (unpaired) electrons. The van der Waals surface area contributed by atoms with E-state index in [1.54, 1.807) is 24.3 Å². The summed E-state index contributed by atoms with van der Waals surface area (Å²) in [4.78, 5) is 39.9. The number of hydrogen-bond donors (Lipinski definition) is 0. The Morgan fingerprint density at radius 2 is 1.55 bits per heavy atom. The average molecular weight is 521 g/mol. The first-order valence-electron chi connectivity index (χ1n) is 9.43. The van der Waals surface area contributed by atoms with Gasteiger partial charge in [0.1, 0.15) is 6.61 Å². The Kier molecular flexibility index (Phi) is 5.88. The highest BCUT2D eigenvalue weighted by atomic mass is 79.9. The second-order valence-corrected chi connectivity index (χ2v) is 9.69. The molecule has 1 aliphatic carbocycles. The third-order valence-corrected chi connectivity index (χ3v) is 8.20. The Morgan fingerprint density at radius 1 is 0.931 bits per heavy atom. The number of benzene rings is 2. The van der Waals surface area contributed by atoms with Crippen molar-refractivity contribution >= 4 is 55.3 Å². The van der Waals surface area contributed by atoms with E-state index >= 15 is 0 Å². The molecule has 2 fully saturated rings. The first-order chi connectivity index (χ1) is 14.0. The summed E-state index contributed by atoms with van der Waals surface area (Å²) < 4.78 is 5.37. The fourth-order valence-corrected chi connectivity index (χ4v) is 5.17. The molecule has 1 aliphatic heterocycles. The summed E-state index contributed by atoms with van der Waals surface area (Å²) in [7, 11) is 0. The van der Waals surface area contributed by atoms with Crippen LogP contribution in [0.1, 0.15) is 28.8 Å². The third kappa shape index (κ3) is 4.03. The van der Waals surface area contributed by atoms with Crippen LogP contribution in [-0.4, -0.2) is 27.4 Å². The number of fused-ring (bicyclic) bond motifs is 1. The number of carbonyl (C=O) groups excluding carboxylic acids is 3. The summed E-state index contributed by atoms with van der Waals surface area (Å²) in [6, 6.07) is 15.9. The summed E-state index contributed by atoms with van der Waals surface area (Å²) in [6.45, 7) is 0.162. The topological polar surface area (TPSA) is 63.7 Å².